The number of ether oxygens (including phenoxy) is 3. The molecule has 0 saturated heterocycles. The molecule has 5 atom stereocenters. The highest BCUT2D eigenvalue weighted by atomic mass is 31.2. The minimum absolute atomic E-state index is 0.0831. The van der Waals surface area contributed by atoms with E-state index in [9.17, 15) is 43.5 Å². The van der Waals surface area contributed by atoms with E-state index in [1.54, 1.807) is 0 Å². The highest BCUT2D eigenvalue weighted by molar-refractivity contribution is 7.47. The molecule has 0 fully saturated rings. The van der Waals surface area contributed by atoms with Crippen LogP contribution in [0.5, 0.6) is 0 Å². The number of hydrogen-bond donors (Lipinski definition) is 4. The predicted octanol–water partition coefficient (Wildman–Crippen LogP) is 20.2. The zero-order chi connectivity index (χ0) is 68.1. The van der Waals surface area contributed by atoms with Gasteiger partial charge in [0.25, 0.3) is 0 Å². The Bertz CT molecular complexity index is 2180. The molecule has 0 heterocycles. The van der Waals surface area contributed by atoms with Crippen molar-refractivity contribution in [1.29, 1.82) is 0 Å². The van der Waals surface area contributed by atoms with Gasteiger partial charge in [0.1, 0.15) is 25.4 Å². The predicted molar refractivity (Wildman–Crippen MR) is 380 cm³/mol. The minimum atomic E-state index is -4.94. The molecular weight excluding hydrogens is 1220 g/mol. The molecule has 0 rings (SSSR count). The van der Waals surface area contributed by atoms with Crippen LogP contribution >= 0.6 is 15.6 Å². The molecule has 0 aromatic rings. The number of rotatable bonds is 67. The number of phosphoric ester groups is 2. The van der Waals surface area contributed by atoms with Crippen molar-refractivity contribution in [2.45, 2.75) is 296 Å². The summed E-state index contributed by atoms with van der Waals surface area (Å²) in [5.41, 5.74) is 0. The van der Waals surface area contributed by atoms with Gasteiger partial charge in [-0.25, -0.2) is 9.13 Å². The SMILES string of the molecule is CC/C=C\C/C=C\C/C=C\C/C=C\C/C=C\CCCCCCCCCC(=O)OCC(O)COP(=O)(O)OCC(O)COP(=O)(O)OCC(COC(=O)CCCCCCCC/C=C\C/C=C\C/C=C\CCCCC)OC(=O)CCCCCCC/C=C\C/C=C\CCCCC. The van der Waals surface area contributed by atoms with Crippen molar-refractivity contribution in [2.75, 3.05) is 39.6 Å². The molecule has 5 unspecified atom stereocenters. The summed E-state index contributed by atoms with van der Waals surface area (Å²) in [7, 11) is -9.79. The normalized spacial score (nSPS) is 14.9. The van der Waals surface area contributed by atoms with Crippen molar-refractivity contribution < 1.29 is 75.8 Å². The Morgan fingerprint density at radius 2 is 0.570 bits per heavy atom. The number of carbonyl (C=O) groups excluding carboxylic acids is 3. The second kappa shape index (κ2) is 67.9. The van der Waals surface area contributed by atoms with E-state index in [4.69, 9.17) is 32.3 Å². The average molecular weight is 1350 g/mol. The molecule has 0 radical (unpaired) electrons. The van der Waals surface area contributed by atoms with E-state index in [0.717, 1.165) is 180 Å². The zero-order valence-electron chi connectivity index (χ0n) is 57.9. The fourth-order valence-electron chi connectivity index (χ4n) is 9.16. The van der Waals surface area contributed by atoms with Gasteiger partial charge in [0, 0.05) is 19.3 Å². The first kappa shape index (κ1) is 89.0. The standard InChI is InChI=1S/C75H128O16P2/c1-4-7-10-13-16-19-22-25-28-30-32-33-34-35-37-39-41-43-46-49-52-55-58-61-73(78)85-64-70(76)65-87-92(81,82)88-66-71(77)67-89-93(83,84)90-69-72(91-75(80)63-60-57-54-51-48-45-40-27-24-21-18-15-12-9-6-3)68-86-74(79)62-59-56-53-50-47-44-42-38-36-31-29-26-23-20-17-14-11-8-5-2/h7,10,16-21,25-29,32-33,35-38,40,70-72,76-77H,4-6,8-9,11-15,22-24,30-31,34,39,41-69H2,1-3H3,(H,81,82)(H,83,84)/b10-7-,19-16-,20-17-,21-18-,28-25-,29-26-,33-32-,37-35-,38-36-,40-27-. The van der Waals surface area contributed by atoms with Gasteiger partial charge in [0.15, 0.2) is 6.10 Å². The molecule has 534 valence electrons. The summed E-state index contributed by atoms with van der Waals surface area (Å²) in [5, 5.41) is 20.6. The number of aliphatic hydroxyl groups is 2. The van der Waals surface area contributed by atoms with Gasteiger partial charge in [0.05, 0.1) is 26.4 Å². The van der Waals surface area contributed by atoms with Gasteiger partial charge in [-0.3, -0.25) is 32.5 Å². The smallest absolute Gasteiger partial charge is 0.463 e. The first-order valence-electron chi connectivity index (χ1n) is 35.8. The van der Waals surface area contributed by atoms with E-state index >= 15 is 0 Å². The maximum Gasteiger partial charge on any atom is 0.472 e. The Morgan fingerprint density at radius 3 is 0.903 bits per heavy atom. The molecule has 0 spiro atoms. The number of phosphoric acid groups is 2. The van der Waals surface area contributed by atoms with Crippen LogP contribution in [0.15, 0.2) is 122 Å². The van der Waals surface area contributed by atoms with Crippen LogP contribution in [0.25, 0.3) is 0 Å². The third-order valence-electron chi connectivity index (χ3n) is 14.6. The van der Waals surface area contributed by atoms with Crippen molar-refractivity contribution >= 4 is 33.6 Å². The van der Waals surface area contributed by atoms with Gasteiger partial charge in [-0.15, -0.1) is 0 Å². The van der Waals surface area contributed by atoms with Crippen LogP contribution in [0.3, 0.4) is 0 Å². The maximum absolute atomic E-state index is 12.9. The Balaban J connectivity index is 4.66. The maximum atomic E-state index is 12.9. The first-order chi connectivity index (χ1) is 45.2. The topological polar surface area (TPSA) is 231 Å². The molecule has 93 heavy (non-hydrogen) atoms. The van der Waals surface area contributed by atoms with Gasteiger partial charge in [-0.1, -0.05) is 245 Å². The highest BCUT2D eigenvalue weighted by Crippen LogP contribution is 2.45. The monoisotopic (exact) mass is 1350 g/mol. The average Bonchev–Trinajstić information content (AvgIpc) is 3.74. The molecule has 18 heteroatoms. The zero-order valence-corrected chi connectivity index (χ0v) is 59.7. The molecule has 0 aliphatic heterocycles. The van der Waals surface area contributed by atoms with E-state index in [1.807, 2.05) is 0 Å². The molecule has 0 amide bonds. The van der Waals surface area contributed by atoms with Crippen molar-refractivity contribution in [3.63, 3.8) is 0 Å². The van der Waals surface area contributed by atoms with Gasteiger partial charge < -0.3 is 34.2 Å². The van der Waals surface area contributed by atoms with Gasteiger partial charge in [-0.2, -0.15) is 0 Å². The molecule has 0 aliphatic rings. The van der Waals surface area contributed by atoms with E-state index in [1.165, 1.54) is 38.5 Å². The summed E-state index contributed by atoms with van der Waals surface area (Å²) < 4.78 is 61.0. The van der Waals surface area contributed by atoms with Gasteiger partial charge in [0.2, 0.25) is 0 Å². The molecule has 0 bridgehead atoms. The molecule has 0 aliphatic carbocycles. The van der Waals surface area contributed by atoms with Crippen molar-refractivity contribution in [2.24, 2.45) is 0 Å². The number of unbranched alkanes of at least 4 members (excludes halogenated alkanes) is 24. The van der Waals surface area contributed by atoms with E-state index < -0.39 is 91.5 Å². The molecule has 4 N–H and O–H groups in total. The molecule has 16 nitrogen and oxygen atoms in total. The Morgan fingerprint density at radius 1 is 0.312 bits per heavy atom. The van der Waals surface area contributed by atoms with Crippen molar-refractivity contribution in [1.82, 2.24) is 0 Å². The second-order valence-corrected chi connectivity index (χ2v) is 26.6. The van der Waals surface area contributed by atoms with Crippen molar-refractivity contribution in [3.05, 3.63) is 122 Å². The number of hydrogen-bond acceptors (Lipinski definition) is 14. The summed E-state index contributed by atoms with van der Waals surface area (Å²) in [6.45, 7) is 2.46. The molecular formula is C75H128O16P2. The lowest BCUT2D eigenvalue weighted by atomic mass is 10.1. The largest absolute Gasteiger partial charge is 0.472 e. The van der Waals surface area contributed by atoms with E-state index in [2.05, 4.69) is 142 Å². The quantitative estimate of drug-likeness (QED) is 0.0146. The molecule has 0 saturated carbocycles. The number of carbonyl (C=O) groups is 3. The van der Waals surface area contributed by atoms with Crippen LogP contribution in [0.4, 0.5) is 0 Å². The first-order valence-corrected chi connectivity index (χ1v) is 38.8. The highest BCUT2D eigenvalue weighted by Gasteiger charge is 2.29. The lowest BCUT2D eigenvalue weighted by Gasteiger charge is -2.21. The fourth-order valence-corrected chi connectivity index (χ4v) is 10.7. The van der Waals surface area contributed by atoms with Crippen LogP contribution in [0, 0.1) is 0 Å². The van der Waals surface area contributed by atoms with Crippen LogP contribution in [0.1, 0.15) is 278 Å². The lowest BCUT2D eigenvalue weighted by molar-refractivity contribution is -0.161. The summed E-state index contributed by atoms with van der Waals surface area (Å²) in [4.78, 5) is 58.5. The van der Waals surface area contributed by atoms with Gasteiger partial charge >= 0.3 is 33.6 Å². The third-order valence-corrected chi connectivity index (χ3v) is 16.5. The lowest BCUT2D eigenvalue weighted by Crippen LogP contribution is -2.30. The van der Waals surface area contributed by atoms with E-state index in [0.29, 0.717) is 19.3 Å². The summed E-state index contributed by atoms with van der Waals surface area (Å²) in [5.74, 6) is -1.62. The van der Waals surface area contributed by atoms with Crippen LogP contribution < -0.4 is 0 Å². The minimum Gasteiger partial charge on any atom is -0.463 e. The summed E-state index contributed by atoms with van der Waals surface area (Å²) >= 11 is 0. The van der Waals surface area contributed by atoms with Crippen LogP contribution in [-0.4, -0.2) is 95.9 Å². The number of allylic oxidation sites excluding steroid dienone is 20. The molecule has 0 aromatic carbocycles. The van der Waals surface area contributed by atoms with Crippen LogP contribution in [0.2, 0.25) is 0 Å². The number of esters is 3. The Kier molecular flexibility index (Phi) is 65.0. The summed E-state index contributed by atoms with van der Waals surface area (Å²) in [6, 6.07) is 0. The van der Waals surface area contributed by atoms with Gasteiger partial charge in [-0.05, 0) is 135 Å². The Hall–Kier alpha value is -4.05. The number of aliphatic hydroxyl groups excluding tert-OH is 2. The van der Waals surface area contributed by atoms with Crippen molar-refractivity contribution in [3.8, 4) is 0 Å². The third kappa shape index (κ3) is 69.1. The Labute approximate surface area is 563 Å². The van der Waals surface area contributed by atoms with Crippen LogP contribution in [-0.2, 0) is 55.8 Å². The van der Waals surface area contributed by atoms with E-state index in [-0.39, 0.29) is 19.3 Å². The molecule has 0 aromatic heterocycles. The summed E-state index contributed by atoms with van der Waals surface area (Å²) in [6.07, 6.45) is 78.1. The second-order valence-electron chi connectivity index (χ2n) is 23.6. The fraction of sp³-hybridized carbons (Fsp3) is 0.693.